The summed E-state index contributed by atoms with van der Waals surface area (Å²) in [5.41, 5.74) is 2.42. The van der Waals surface area contributed by atoms with E-state index in [2.05, 4.69) is 36.8 Å². The number of hydrogen-bond acceptors (Lipinski definition) is 4. The fourth-order valence-electron chi connectivity index (χ4n) is 2.59. The smallest absolute Gasteiger partial charge is 0.243 e. The van der Waals surface area contributed by atoms with Crippen LogP contribution in [-0.4, -0.2) is 33.1 Å². The second-order valence-electron chi connectivity index (χ2n) is 6.23. The molecule has 1 aromatic heterocycles. The first-order chi connectivity index (χ1) is 13.8. The van der Waals surface area contributed by atoms with Crippen molar-refractivity contribution in [3.05, 3.63) is 62.3 Å². The van der Waals surface area contributed by atoms with Gasteiger partial charge in [-0.1, -0.05) is 27.5 Å². The number of aryl methyl sites for hydroxylation is 1. The number of carbonyl (C=O) groups is 2. The van der Waals surface area contributed by atoms with E-state index in [1.807, 2.05) is 19.1 Å². The number of anilines is 1. The summed E-state index contributed by atoms with van der Waals surface area (Å²) in [6.45, 7) is 1.70. The topological polar surface area (TPSA) is 91.8 Å². The minimum absolute atomic E-state index is 0.0715. The lowest BCUT2D eigenvalue weighted by molar-refractivity contribution is -0.124. The van der Waals surface area contributed by atoms with E-state index in [1.165, 1.54) is 0 Å². The Hall–Kier alpha value is -2.49. The highest BCUT2D eigenvalue weighted by molar-refractivity contribution is 9.10. The number of halogens is 2. The van der Waals surface area contributed by atoms with Crippen LogP contribution in [0.2, 0.25) is 5.02 Å². The van der Waals surface area contributed by atoms with Gasteiger partial charge in [0.05, 0.1) is 6.54 Å². The van der Waals surface area contributed by atoms with Crippen LogP contribution in [0.1, 0.15) is 5.56 Å². The molecule has 0 fully saturated rings. The highest BCUT2D eigenvalue weighted by atomic mass is 79.9. The summed E-state index contributed by atoms with van der Waals surface area (Å²) in [6, 6.07) is 12.5. The third-order valence-corrected chi connectivity index (χ3v) is 5.50. The number of nitrogens with zero attached hydrogens (tertiary/aromatic N) is 2. The normalized spacial score (nSPS) is 10.6. The van der Waals surface area contributed by atoms with E-state index in [-0.39, 0.29) is 24.9 Å². The first-order valence-electron chi connectivity index (χ1n) is 8.57. The highest BCUT2D eigenvalue weighted by Crippen LogP contribution is 2.21. The van der Waals surface area contributed by atoms with E-state index in [9.17, 15) is 9.59 Å². The number of amides is 2. The molecule has 0 spiro atoms. The number of carbonyl (C=O) groups excluding carboxylic acids is 2. The maximum atomic E-state index is 12.3. The molecule has 2 aromatic carbocycles. The molecule has 0 aliphatic carbocycles. The number of rotatable bonds is 6. The molecule has 29 heavy (non-hydrogen) atoms. The molecule has 10 heteroatoms. The average Bonchev–Trinajstić information content (AvgIpc) is 3.04. The van der Waals surface area contributed by atoms with Gasteiger partial charge >= 0.3 is 0 Å². The first kappa shape index (κ1) is 21.2. The summed E-state index contributed by atoms with van der Waals surface area (Å²) >= 11 is 14.5. The zero-order chi connectivity index (χ0) is 21.0. The number of benzene rings is 2. The molecular formula is C19H17BrClN5O2S. The number of H-pyrrole nitrogens is 1. The predicted octanol–water partition coefficient (Wildman–Crippen LogP) is 4.09. The largest absolute Gasteiger partial charge is 0.345 e. The van der Waals surface area contributed by atoms with E-state index >= 15 is 0 Å². The van der Waals surface area contributed by atoms with Gasteiger partial charge in [-0.25, -0.2) is 0 Å². The van der Waals surface area contributed by atoms with Crippen molar-refractivity contribution in [2.24, 2.45) is 0 Å². The molecule has 3 N–H and O–H groups in total. The Bertz CT molecular complexity index is 1110. The van der Waals surface area contributed by atoms with Crippen molar-refractivity contribution < 1.29 is 9.59 Å². The summed E-state index contributed by atoms with van der Waals surface area (Å²) in [4.78, 5) is 24.4. The molecule has 7 nitrogen and oxygen atoms in total. The predicted molar refractivity (Wildman–Crippen MR) is 118 cm³/mol. The zero-order valence-corrected chi connectivity index (χ0v) is 18.5. The van der Waals surface area contributed by atoms with Crippen LogP contribution in [0, 0.1) is 11.7 Å². The van der Waals surface area contributed by atoms with Gasteiger partial charge in [0.1, 0.15) is 6.54 Å². The van der Waals surface area contributed by atoms with Crippen LogP contribution >= 0.6 is 39.7 Å². The molecule has 0 aliphatic rings. The average molecular weight is 495 g/mol. The molecule has 3 rings (SSSR count). The van der Waals surface area contributed by atoms with Gasteiger partial charge in [-0.15, -0.1) is 0 Å². The molecule has 2 amide bonds. The molecule has 0 atom stereocenters. The molecule has 0 radical (unpaired) electrons. The summed E-state index contributed by atoms with van der Waals surface area (Å²) in [7, 11) is 0. The van der Waals surface area contributed by atoms with Crippen LogP contribution in [0.3, 0.4) is 0 Å². The third kappa shape index (κ3) is 5.53. The molecule has 0 saturated carbocycles. The van der Waals surface area contributed by atoms with Crippen molar-refractivity contribution in [3.63, 3.8) is 0 Å². The maximum absolute atomic E-state index is 12.3. The monoisotopic (exact) mass is 493 g/mol. The minimum atomic E-state index is -0.361. The Morgan fingerprint density at radius 1 is 1.21 bits per heavy atom. The van der Waals surface area contributed by atoms with Crippen molar-refractivity contribution in [1.82, 2.24) is 20.1 Å². The molecule has 3 aromatic rings. The van der Waals surface area contributed by atoms with Gasteiger partial charge in [-0.2, -0.15) is 5.10 Å². The van der Waals surface area contributed by atoms with Gasteiger partial charge < -0.3 is 10.6 Å². The van der Waals surface area contributed by atoms with E-state index < -0.39 is 0 Å². The molecule has 0 unspecified atom stereocenters. The first-order valence-corrected chi connectivity index (χ1v) is 10.2. The van der Waals surface area contributed by atoms with Gasteiger partial charge in [0.25, 0.3) is 0 Å². The Morgan fingerprint density at radius 3 is 2.62 bits per heavy atom. The van der Waals surface area contributed by atoms with Crippen molar-refractivity contribution >= 4 is 57.3 Å². The van der Waals surface area contributed by atoms with Crippen molar-refractivity contribution in [2.45, 2.75) is 13.5 Å². The van der Waals surface area contributed by atoms with Gasteiger partial charge in [-0.05, 0) is 67.2 Å². The van der Waals surface area contributed by atoms with Crippen LogP contribution in [0.5, 0.6) is 0 Å². The number of aromatic nitrogens is 3. The Kier molecular flexibility index (Phi) is 6.83. The number of hydrogen-bond donors (Lipinski definition) is 3. The molecule has 0 saturated heterocycles. The van der Waals surface area contributed by atoms with E-state index in [0.29, 0.717) is 21.3 Å². The highest BCUT2D eigenvalue weighted by Gasteiger charge is 2.13. The second-order valence-corrected chi connectivity index (χ2v) is 7.91. The summed E-state index contributed by atoms with van der Waals surface area (Å²) in [5, 5.41) is 12.8. The van der Waals surface area contributed by atoms with Crippen LogP contribution in [0.4, 0.5) is 5.69 Å². The number of aromatic amines is 1. The van der Waals surface area contributed by atoms with Crippen LogP contribution in [0.25, 0.3) is 11.4 Å². The lowest BCUT2D eigenvalue weighted by atomic mass is 10.2. The second kappa shape index (κ2) is 9.34. The SMILES string of the molecule is Cc1cc(NC(=O)CNC(=O)Cn2c(-c3ccc(Cl)cc3)n[nH]c2=S)ccc1Br. The van der Waals surface area contributed by atoms with E-state index in [0.717, 1.165) is 15.6 Å². The standard InChI is InChI=1S/C19H17BrClN5O2S/c1-11-8-14(6-7-15(11)20)23-16(27)9-22-17(28)10-26-18(24-25-19(26)29)12-2-4-13(21)5-3-12/h2-8H,9-10H2,1H3,(H,22,28)(H,23,27)(H,25,29). The Balaban J connectivity index is 1.60. The quantitative estimate of drug-likeness (QED) is 0.450. The van der Waals surface area contributed by atoms with Gasteiger partial charge in [0.15, 0.2) is 10.6 Å². The third-order valence-electron chi connectivity index (χ3n) is 4.05. The summed E-state index contributed by atoms with van der Waals surface area (Å²) < 4.78 is 2.82. The molecule has 150 valence electrons. The van der Waals surface area contributed by atoms with Crippen molar-refractivity contribution in [1.29, 1.82) is 0 Å². The lowest BCUT2D eigenvalue weighted by Gasteiger charge is -2.10. The summed E-state index contributed by atoms with van der Waals surface area (Å²) in [6.07, 6.45) is 0. The van der Waals surface area contributed by atoms with E-state index in [1.54, 1.807) is 34.9 Å². The van der Waals surface area contributed by atoms with E-state index in [4.69, 9.17) is 23.8 Å². The van der Waals surface area contributed by atoms with Gasteiger partial charge in [0.2, 0.25) is 11.8 Å². The fraction of sp³-hybridized carbons (Fsp3) is 0.158. The zero-order valence-electron chi connectivity index (χ0n) is 15.3. The van der Waals surface area contributed by atoms with Gasteiger partial charge in [0, 0.05) is 20.7 Å². The summed E-state index contributed by atoms with van der Waals surface area (Å²) in [5.74, 6) is -0.176. The Morgan fingerprint density at radius 2 is 1.93 bits per heavy atom. The lowest BCUT2D eigenvalue weighted by Crippen LogP contribution is -2.35. The van der Waals surface area contributed by atoms with Crippen LogP contribution in [0.15, 0.2) is 46.9 Å². The molecular weight excluding hydrogens is 478 g/mol. The van der Waals surface area contributed by atoms with Crippen molar-refractivity contribution in [3.8, 4) is 11.4 Å². The molecule has 0 aliphatic heterocycles. The van der Waals surface area contributed by atoms with Crippen LogP contribution in [-0.2, 0) is 16.1 Å². The number of nitrogens with one attached hydrogen (secondary N) is 3. The molecule has 0 bridgehead atoms. The molecule has 1 heterocycles. The maximum Gasteiger partial charge on any atom is 0.243 e. The fourth-order valence-corrected chi connectivity index (χ4v) is 3.16. The Labute approximate surface area is 185 Å². The van der Waals surface area contributed by atoms with Crippen molar-refractivity contribution in [2.75, 3.05) is 11.9 Å². The van der Waals surface area contributed by atoms with Crippen LogP contribution < -0.4 is 10.6 Å². The van der Waals surface area contributed by atoms with Gasteiger partial charge in [-0.3, -0.25) is 19.3 Å². The minimum Gasteiger partial charge on any atom is -0.345 e.